The molecule has 4 rings (SSSR count). The third-order valence-electron chi connectivity index (χ3n) is 8.51. The van der Waals surface area contributed by atoms with Gasteiger partial charge in [0.15, 0.2) is 0 Å². The molecule has 2 aromatic rings. The first-order chi connectivity index (χ1) is 15.2. The average Bonchev–Trinajstić information content (AvgIpc) is 3.11. The molecule has 0 bridgehead atoms. The van der Waals surface area contributed by atoms with Crippen molar-refractivity contribution in [2.75, 3.05) is 0 Å². The highest BCUT2D eigenvalue weighted by atomic mass is 14.3. The molecule has 0 aromatic heterocycles. The summed E-state index contributed by atoms with van der Waals surface area (Å²) in [7, 11) is 0. The number of allylic oxidation sites excluding steroid dienone is 8. The monoisotopic (exact) mass is 422 g/mol. The molecule has 0 saturated heterocycles. The highest BCUT2D eigenvalue weighted by Crippen LogP contribution is 2.43. The van der Waals surface area contributed by atoms with Gasteiger partial charge in [0.25, 0.3) is 0 Å². The van der Waals surface area contributed by atoms with E-state index in [-0.39, 0.29) is 0 Å². The molecule has 2 atom stereocenters. The van der Waals surface area contributed by atoms with E-state index in [2.05, 4.69) is 104 Å². The Hall–Kier alpha value is -2.60. The molecule has 0 heteroatoms. The van der Waals surface area contributed by atoms with E-state index >= 15 is 0 Å². The Labute approximate surface area is 195 Å². The lowest BCUT2D eigenvalue weighted by Crippen LogP contribution is -1.99. The maximum absolute atomic E-state index is 2.34. The molecule has 0 aliphatic heterocycles. The summed E-state index contributed by atoms with van der Waals surface area (Å²) in [5, 5.41) is 0. The summed E-state index contributed by atoms with van der Waals surface area (Å²) in [6, 6.07) is 18.6. The largest absolute Gasteiger partial charge is 0.0629 e. The first-order valence-corrected chi connectivity index (χ1v) is 12.2. The molecule has 0 nitrogen and oxygen atoms in total. The summed E-state index contributed by atoms with van der Waals surface area (Å²) in [5.74, 6) is 1.06. The van der Waals surface area contributed by atoms with Gasteiger partial charge < -0.3 is 0 Å². The Morgan fingerprint density at radius 3 is 1.03 bits per heavy atom. The van der Waals surface area contributed by atoms with Crippen molar-refractivity contribution < 1.29 is 0 Å². The molecule has 2 aliphatic rings. The van der Waals surface area contributed by atoms with Gasteiger partial charge in [0.05, 0.1) is 0 Å². The van der Waals surface area contributed by atoms with Crippen LogP contribution >= 0.6 is 0 Å². The lowest BCUT2D eigenvalue weighted by Gasteiger charge is -2.14. The maximum Gasteiger partial charge on any atom is 0.00315 e. The molecule has 32 heavy (non-hydrogen) atoms. The average molecular weight is 423 g/mol. The molecular weight excluding hydrogens is 384 g/mol. The molecule has 0 spiro atoms. The van der Waals surface area contributed by atoms with Crippen LogP contribution in [-0.4, -0.2) is 0 Å². The van der Waals surface area contributed by atoms with Crippen molar-refractivity contribution in [1.82, 2.24) is 0 Å². The molecule has 0 radical (unpaired) electrons. The number of benzene rings is 2. The van der Waals surface area contributed by atoms with Gasteiger partial charge in [0.1, 0.15) is 0 Å². The molecule has 2 aliphatic carbocycles. The van der Waals surface area contributed by atoms with E-state index in [4.69, 9.17) is 0 Å². The van der Waals surface area contributed by atoms with Gasteiger partial charge in [-0.3, -0.25) is 0 Å². The van der Waals surface area contributed by atoms with E-state index in [0.717, 1.165) is 12.8 Å². The van der Waals surface area contributed by atoms with Crippen LogP contribution in [0.25, 0.3) is 11.1 Å². The molecule has 0 N–H and O–H groups in total. The van der Waals surface area contributed by atoms with Gasteiger partial charge in [0.2, 0.25) is 0 Å². The Balaban J connectivity index is 1.42. The van der Waals surface area contributed by atoms with E-state index in [1.807, 2.05) is 0 Å². The Bertz CT molecular complexity index is 1060. The number of hydrogen-bond donors (Lipinski definition) is 0. The Morgan fingerprint density at radius 1 is 0.469 bits per heavy atom. The highest BCUT2D eigenvalue weighted by molar-refractivity contribution is 5.80. The van der Waals surface area contributed by atoms with Crippen LogP contribution in [0.1, 0.15) is 77.6 Å². The van der Waals surface area contributed by atoms with Crippen LogP contribution in [-0.2, 0) is 12.8 Å². The lowest BCUT2D eigenvalue weighted by molar-refractivity contribution is 0.893. The zero-order valence-electron chi connectivity index (χ0n) is 21.2. The summed E-state index contributed by atoms with van der Waals surface area (Å²) < 4.78 is 0. The lowest BCUT2D eigenvalue weighted by atomic mass is 9.90. The van der Waals surface area contributed by atoms with Crippen LogP contribution in [0.4, 0.5) is 0 Å². The van der Waals surface area contributed by atoms with Crippen molar-refractivity contribution in [2.45, 2.75) is 68.2 Å². The predicted octanol–water partition coefficient (Wildman–Crippen LogP) is 8.99. The van der Waals surface area contributed by atoms with E-state index in [1.54, 1.807) is 0 Å². The molecule has 2 aromatic carbocycles. The minimum Gasteiger partial charge on any atom is -0.0629 e. The molecule has 0 saturated carbocycles. The topological polar surface area (TPSA) is 0 Å². The smallest absolute Gasteiger partial charge is 0.00315 e. The summed E-state index contributed by atoms with van der Waals surface area (Å²) in [4.78, 5) is 0. The second-order valence-corrected chi connectivity index (χ2v) is 10.0. The van der Waals surface area contributed by atoms with Crippen molar-refractivity contribution in [1.29, 1.82) is 0 Å². The van der Waals surface area contributed by atoms with E-state index in [1.165, 1.54) is 66.8 Å². The predicted molar refractivity (Wildman–Crippen MR) is 141 cm³/mol. The van der Waals surface area contributed by atoms with Crippen molar-refractivity contribution in [3.05, 3.63) is 104 Å². The molecule has 0 heterocycles. The minimum absolute atomic E-state index is 0.531. The van der Waals surface area contributed by atoms with Crippen LogP contribution in [0, 0.1) is 11.8 Å². The van der Waals surface area contributed by atoms with Gasteiger partial charge in [-0.1, -0.05) is 73.5 Å². The van der Waals surface area contributed by atoms with Gasteiger partial charge in [-0.2, -0.15) is 0 Å². The number of aryl methyl sites for hydroxylation is 2. The Morgan fingerprint density at radius 2 is 0.781 bits per heavy atom. The molecule has 0 amide bonds. The third kappa shape index (κ3) is 3.85. The van der Waals surface area contributed by atoms with Crippen molar-refractivity contribution in [3.8, 4) is 0 Å². The van der Waals surface area contributed by atoms with Crippen LogP contribution < -0.4 is 0 Å². The normalized spacial score (nSPS) is 21.5. The zero-order chi connectivity index (χ0) is 23.2. The van der Waals surface area contributed by atoms with Crippen molar-refractivity contribution >= 4 is 11.1 Å². The zero-order valence-corrected chi connectivity index (χ0v) is 21.2. The number of hydrogen-bond acceptors (Lipinski definition) is 0. The maximum atomic E-state index is 2.34. The summed E-state index contributed by atoms with van der Waals surface area (Å²) >= 11 is 0. The fourth-order valence-electron chi connectivity index (χ4n) is 5.65. The van der Waals surface area contributed by atoms with Gasteiger partial charge in [-0.15, -0.1) is 0 Å². The van der Waals surface area contributed by atoms with Gasteiger partial charge in [0, 0.05) is 11.8 Å². The van der Waals surface area contributed by atoms with Crippen LogP contribution in [0.3, 0.4) is 0 Å². The van der Waals surface area contributed by atoms with Gasteiger partial charge in [-0.25, -0.2) is 0 Å². The van der Waals surface area contributed by atoms with E-state index in [0.29, 0.717) is 11.8 Å². The molecular formula is C32H38. The fourth-order valence-corrected chi connectivity index (χ4v) is 5.65. The van der Waals surface area contributed by atoms with Crippen LogP contribution in [0.5, 0.6) is 0 Å². The van der Waals surface area contributed by atoms with Crippen molar-refractivity contribution in [3.63, 3.8) is 0 Å². The first-order valence-electron chi connectivity index (χ1n) is 12.2. The Kier molecular flexibility index (Phi) is 6.17. The quantitative estimate of drug-likeness (QED) is 0.451. The second-order valence-electron chi connectivity index (χ2n) is 10.0. The summed E-state index contributed by atoms with van der Waals surface area (Å²) in [6.07, 6.45) is 2.17. The van der Waals surface area contributed by atoms with Gasteiger partial charge in [-0.05, 0) is 110 Å². The minimum atomic E-state index is 0.531. The third-order valence-corrected chi connectivity index (χ3v) is 8.51. The van der Waals surface area contributed by atoms with Crippen molar-refractivity contribution in [2.24, 2.45) is 11.8 Å². The molecule has 2 unspecified atom stereocenters. The fraction of sp³-hybridized carbons (Fsp3) is 0.375. The summed E-state index contributed by atoms with van der Waals surface area (Å²) in [5.41, 5.74) is 17.5. The second kappa shape index (κ2) is 8.74. The van der Waals surface area contributed by atoms with E-state index in [9.17, 15) is 0 Å². The molecule has 166 valence electrons. The molecule has 0 fully saturated rings. The number of rotatable bonds is 5. The van der Waals surface area contributed by atoms with Crippen LogP contribution in [0.15, 0.2) is 82.0 Å². The highest BCUT2D eigenvalue weighted by Gasteiger charge is 2.25. The van der Waals surface area contributed by atoms with Crippen LogP contribution in [0.2, 0.25) is 0 Å². The van der Waals surface area contributed by atoms with Gasteiger partial charge >= 0.3 is 0 Å². The standard InChI is InChI=1S/C32H38/c1-19-20(2)24(6)31(23(19)5)29-15-11-27(12-16-29)9-10-28-13-17-30(18-14-28)32-25(7)21(3)22(4)26(32)8/h11-18,23,25H,9-10H2,1-8H3. The first kappa shape index (κ1) is 22.6. The summed E-state index contributed by atoms with van der Waals surface area (Å²) in [6.45, 7) is 18.3. The SMILES string of the molecule is CC1=C(C)C(C)C(c2ccc(CCc3ccc(C4=C(C)C(C)=C(C)C4C)cc3)cc2)=C1C. The van der Waals surface area contributed by atoms with E-state index < -0.39 is 0 Å².